The Labute approximate surface area is 117 Å². The summed E-state index contributed by atoms with van der Waals surface area (Å²) in [6.07, 6.45) is 3.89. The predicted molar refractivity (Wildman–Crippen MR) is 77.8 cm³/mol. The smallest absolute Gasteiger partial charge is 0.240 e. The van der Waals surface area contributed by atoms with Gasteiger partial charge in [0.05, 0.1) is 12.2 Å². The maximum atomic E-state index is 12.3. The van der Waals surface area contributed by atoms with Gasteiger partial charge in [-0.15, -0.1) is 0 Å². The Morgan fingerprint density at radius 3 is 2.53 bits per heavy atom. The summed E-state index contributed by atoms with van der Waals surface area (Å²) < 4.78 is 0. The summed E-state index contributed by atoms with van der Waals surface area (Å²) in [6, 6.07) is 1.17. The zero-order valence-corrected chi connectivity index (χ0v) is 13.0. The molecule has 2 aliphatic rings. The minimum absolute atomic E-state index is 0.0258. The van der Waals surface area contributed by atoms with Crippen molar-refractivity contribution in [3.63, 3.8) is 0 Å². The molecule has 3 unspecified atom stereocenters. The summed E-state index contributed by atoms with van der Waals surface area (Å²) >= 11 is 0. The lowest BCUT2D eigenvalue weighted by Crippen LogP contribution is -2.46. The molecule has 19 heavy (non-hydrogen) atoms. The van der Waals surface area contributed by atoms with Crippen molar-refractivity contribution in [2.75, 3.05) is 13.6 Å². The molecule has 1 N–H and O–H groups in total. The second-order valence-electron chi connectivity index (χ2n) is 6.77. The van der Waals surface area contributed by atoms with Gasteiger partial charge >= 0.3 is 0 Å². The maximum absolute atomic E-state index is 12.3. The Morgan fingerprint density at radius 2 is 2.00 bits per heavy atom. The molecule has 1 aliphatic carbocycles. The quantitative estimate of drug-likeness (QED) is 0.795. The van der Waals surface area contributed by atoms with Crippen LogP contribution in [0.25, 0.3) is 0 Å². The molecule has 0 spiro atoms. The van der Waals surface area contributed by atoms with Crippen LogP contribution in [-0.4, -0.2) is 53.6 Å². The first kappa shape index (κ1) is 14.8. The fourth-order valence-corrected chi connectivity index (χ4v) is 2.97. The SMILES string of the molecule is CC(C)CC1NC(C)C(=O)N1CC(C)N(C)C1CC1. The molecule has 1 aliphatic heterocycles. The van der Waals surface area contributed by atoms with Gasteiger partial charge in [-0.05, 0) is 46.1 Å². The minimum Gasteiger partial charge on any atom is -0.324 e. The van der Waals surface area contributed by atoms with Crippen molar-refractivity contribution in [1.29, 1.82) is 0 Å². The van der Waals surface area contributed by atoms with Crippen LogP contribution >= 0.6 is 0 Å². The zero-order valence-electron chi connectivity index (χ0n) is 13.0. The molecule has 1 saturated heterocycles. The van der Waals surface area contributed by atoms with E-state index in [0.717, 1.165) is 19.0 Å². The third-order valence-corrected chi connectivity index (χ3v) is 4.45. The van der Waals surface area contributed by atoms with Crippen LogP contribution in [-0.2, 0) is 4.79 Å². The second-order valence-corrected chi connectivity index (χ2v) is 6.77. The van der Waals surface area contributed by atoms with Crippen LogP contribution in [0.4, 0.5) is 0 Å². The van der Waals surface area contributed by atoms with Crippen LogP contribution in [0.15, 0.2) is 0 Å². The number of nitrogens with one attached hydrogen (secondary N) is 1. The molecule has 0 radical (unpaired) electrons. The van der Waals surface area contributed by atoms with Gasteiger partial charge in [0.25, 0.3) is 0 Å². The van der Waals surface area contributed by atoms with Crippen molar-refractivity contribution < 1.29 is 4.79 Å². The van der Waals surface area contributed by atoms with Crippen LogP contribution in [0.1, 0.15) is 47.0 Å². The summed E-state index contributed by atoms with van der Waals surface area (Å²) in [5.41, 5.74) is 0. The third-order valence-electron chi connectivity index (χ3n) is 4.45. The predicted octanol–water partition coefficient (Wildman–Crippen LogP) is 1.66. The van der Waals surface area contributed by atoms with Gasteiger partial charge < -0.3 is 4.90 Å². The molecule has 0 aromatic heterocycles. The molecule has 0 aromatic carbocycles. The summed E-state index contributed by atoms with van der Waals surface area (Å²) in [6.45, 7) is 9.49. The van der Waals surface area contributed by atoms with Gasteiger partial charge in [0, 0.05) is 18.6 Å². The number of likely N-dealkylation sites (N-methyl/N-ethyl adjacent to an activating group) is 1. The van der Waals surface area contributed by atoms with E-state index in [4.69, 9.17) is 0 Å². The Morgan fingerprint density at radius 1 is 1.37 bits per heavy atom. The fraction of sp³-hybridized carbons (Fsp3) is 0.933. The van der Waals surface area contributed by atoms with Crippen LogP contribution < -0.4 is 5.32 Å². The van der Waals surface area contributed by atoms with Crippen LogP contribution in [0.3, 0.4) is 0 Å². The fourth-order valence-electron chi connectivity index (χ4n) is 2.97. The molecular formula is C15H29N3O. The van der Waals surface area contributed by atoms with Crippen LogP contribution in [0.5, 0.6) is 0 Å². The molecule has 3 atom stereocenters. The lowest BCUT2D eigenvalue weighted by molar-refractivity contribution is -0.130. The first-order valence-electron chi connectivity index (χ1n) is 7.68. The van der Waals surface area contributed by atoms with Crippen molar-refractivity contribution in [3.05, 3.63) is 0 Å². The monoisotopic (exact) mass is 267 g/mol. The second kappa shape index (κ2) is 5.80. The molecule has 110 valence electrons. The molecule has 1 amide bonds. The van der Waals surface area contributed by atoms with Gasteiger partial charge in [-0.2, -0.15) is 0 Å². The van der Waals surface area contributed by atoms with Crippen LogP contribution in [0, 0.1) is 5.92 Å². The molecule has 0 aromatic rings. The molecule has 2 rings (SSSR count). The number of rotatable bonds is 6. The van der Waals surface area contributed by atoms with E-state index in [1.807, 2.05) is 6.92 Å². The number of carbonyl (C=O) groups is 1. The van der Waals surface area contributed by atoms with Crippen molar-refractivity contribution in [3.8, 4) is 0 Å². The Balaban J connectivity index is 1.96. The lowest BCUT2D eigenvalue weighted by atomic mass is 10.1. The number of hydrogen-bond donors (Lipinski definition) is 1. The maximum Gasteiger partial charge on any atom is 0.240 e. The number of amides is 1. The van der Waals surface area contributed by atoms with Gasteiger partial charge in [0.1, 0.15) is 0 Å². The Hall–Kier alpha value is -0.610. The lowest BCUT2D eigenvalue weighted by Gasteiger charge is -2.32. The van der Waals surface area contributed by atoms with E-state index in [1.54, 1.807) is 0 Å². The average molecular weight is 267 g/mol. The van der Waals surface area contributed by atoms with Gasteiger partial charge in [-0.25, -0.2) is 0 Å². The normalized spacial score (nSPS) is 29.6. The van der Waals surface area contributed by atoms with E-state index in [2.05, 4.69) is 42.9 Å². The van der Waals surface area contributed by atoms with E-state index < -0.39 is 0 Å². The molecule has 4 heteroatoms. The Kier molecular flexibility index (Phi) is 4.51. The standard InChI is InChI=1S/C15H29N3O/c1-10(2)8-14-16-12(4)15(19)18(14)9-11(3)17(5)13-6-7-13/h10-14,16H,6-9H2,1-5H3. The van der Waals surface area contributed by atoms with Crippen molar-refractivity contribution in [2.24, 2.45) is 5.92 Å². The Bertz CT molecular complexity index is 327. The average Bonchev–Trinajstić information content (AvgIpc) is 3.12. The molecular weight excluding hydrogens is 238 g/mol. The van der Waals surface area contributed by atoms with Gasteiger partial charge in [-0.3, -0.25) is 15.0 Å². The summed E-state index contributed by atoms with van der Waals surface area (Å²) in [5.74, 6) is 0.872. The zero-order chi connectivity index (χ0) is 14.2. The topological polar surface area (TPSA) is 35.6 Å². The first-order chi connectivity index (χ1) is 8.90. The largest absolute Gasteiger partial charge is 0.324 e. The highest BCUT2D eigenvalue weighted by Gasteiger charge is 2.38. The van der Waals surface area contributed by atoms with E-state index in [9.17, 15) is 4.79 Å². The number of carbonyl (C=O) groups excluding carboxylic acids is 1. The van der Waals surface area contributed by atoms with Gasteiger partial charge in [-0.1, -0.05) is 13.8 Å². The third kappa shape index (κ3) is 3.48. The van der Waals surface area contributed by atoms with Gasteiger partial charge in [0.15, 0.2) is 0 Å². The van der Waals surface area contributed by atoms with Crippen molar-refractivity contribution >= 4 is 5.91 Å². The molecule has 1 heterocycles. The van der Waals surface area contributed by atoms with Crippen LogP contribution in [0.2, 0.25) is 0 Å². The molecule has 4 nitrogen and oxygen atoms in total. The van der Waals surface area contributed by atoms with E-state index in [0.29, 0.717) is 12.0 Å². The van der Waals surface area contributed by atoms with Crippen molar-refractivity contribution in [2.45, 2.75) is 71.2 Å². The minimum atomic E-state index is -0.0258. The molecule has 0 bridgehead atoms. The van der Waals surface area contributed by atoms with Crippen molar-refractivity contribution in [1.82, 2.24) is 15.1 Å². The highest BCUT2D eigenvalue weighted by atomic mass is 16.2. The molecule has 2 fully saturated rings. The highest BCUT2D eigenvalue weighted by molar-refractivity contribution is 5.83. The summed E-state index contributed by atoms with van der Waals surface area (Å²) in [7, 11) is 2.19. The van der Waals surface area contributed by atoms with Gasteiger partial charge in [0.2, 0.25) is 5.91 Å². The highest BCUT2D eigenvalue weighted by Crippen LogP contribution is 2.28. The summed E-state index contributed by atoms with van der Waals surface area (Å²) in [5, 5.41) is 3.43. The van der Waals surface area contributed by atoms with E-state index in [1.165, 1.54) is 12.8 Å². The summed E-state index contributed by atoms with van der Waals surface area (Å²) in [4.78, 5) is 16.8. The van der Waals surface area contributed by atoms with E-state index >= 15 is 0 Å². The first-order valence-corrected chi connectivity index (χ1v) is 7.68. The number of nitrogens with zero attached hydrogens (tertiary/aromatic N) is 2. The van der Waals surface area contributed by atoms with E-state index in [-0.39, 0.29) is 18.1 Å². The molecule has 1 saturated carbocycles. The number of hydrogen-bond acceptors (Lipinski definition) is 3.